The molecule has 0 radical (unpaired) electrons. The van der Waals surface area contributed by atoms with Gasteiger partial charge in [0, 0.05) is 5.92 Å². The lowest BCUT2D eigenvalue weighted by atomic mass is 9.88. The highest BCUT2D eigenvalue weighted by Gasteiger charge is 2.33. The molecule has 1 aromatic rings. The van der Waals surface area contributed by atoms with Gasteiger partial charge in [-0.3, -0.25) is 14.4 Å². The van der Waals surface area contributed by atoms with Crippen LogP contribution in [-0.2, 0) is 14.3 Å². The van der Waals surface area contributed by atoms with Gasteiger partial charge in [0.2, 0.25) is 5.78 Å². The highest BCUT2D eigenvalue weighted by atomic mass is 16.5. The Labute approximate surface area is 128 Å². The van der Waals surface area contributed by atoms with Crippen LogP contribution in [0.25, 0.3) is 0 Å². The average molecular weight is 308 g/mol. The zero-order chi connectivity index (χ0) is 16.9. The second kappa shape index (κ2) is 7.59. The van der Waals surface area contributed by atoms with E-state index >= 15 is 0 Å². The molecule has 0 saturated carbocycles. The zero-order valence-electron chi connectivity index (χ0n) is 12.8. The smallest absolute Gasteiger partial charge is 0.303 e. The van der Waals surface area contributed by atoms with E-state index in [2.05, 4.69) is 0 Å². The van der Waals surface area contributed by atoms with Crippen molar-refractivity contribution in [3.63, 3.8) is 0 Å². The molecule has 0 aromatic heterocycles. The van der Waals surface area contributed by atoms with E-state index in [1.54, 1.807) is 26.8 Å². The number of hydrogen-bond donors (Lipinski definition) is 2. The van der Waals surface area contributed by atoms with Crippen LogP contribution in [0.15, 0.2) is 12.1 Å². The predicted molar refractivity (Wildman–Crippen MR) is 78.9 cm³/mol. The van der Waals surface area contributed by atoms with E-state index in [0.29, 0.717) is 12.0 Å². The molecule has 0 saturated heterocycles. The van der Waals surface area contributed by atoms with Gasteiger partial charge in [-0.15, -0.1) is 0 Å². The predicted octanol–water partition coefficient (Wildman–Crippen LogP) is 2.23. The molecular weight excluding hydrogens is 288 g/mol. The van der Waals surface area contributed by atoms with Crippen LogP contribution in [-0.4, -0.2) is 34.5 Å². The highest BCUT2D eigenvalue weighted by Crippen LogP contribution is 2.28. The number of ketones is 1. The van der Waals surface area contributed by atoms with Gasteiger partial charge in [-0.25, -0.2) is 0 Å². The number of carbonyl (C=O) groups is 3. The molecular formula is C16H20O6. The van der Waals surface area contributed by atoms with Gasteiger partial charge in [-0.05, 0) is 37.5 Å². The summed E-state index contributed by atoms with van der Waals surface area (Å²) in [6.07, 6.45) is -1.18. The minimum atomic E-state index is -1.23. The van der Waals surface area contributed by atoms with Crippen molar-refractivity contribution < 1.29 is 29.3 Å². The van der Waals surface area contributed by atoms with E-state index in [4.69, 9.17) is 9.84 Å². The summed E-state index contributed by atoms with van der Waals surface area (Å²) in [5, 5.41) is 19.0. The zero-order valence-corrected chi connectivity index (χ0v) is 12.8. The fourth-order valence-electron chi connectivity index (χ4n) is 2.44. The van der Waals surface area contributed by atoms with Gasteiger partial charge in [0.05, 0.1) is 12.0 Å². The maximum absolute atomic E-state index is 12.6. The van der Waals surface area contributed by atoms with Crippen LogP contribution in [0.3, 0.4) is 0 Å². The summed E-state index contributed by atoms with van der Waals surface area (Å²) in [6.45, 7) is 5.27. The van der Waals surface area contributed by atoms with Gasteiger partial charge in [0.1, 0.15) is 5.75 Å². The lowest BCUT2D eigenvalue weighted by Gasteiger charge is -2.23. The maximum Gasteiger partial charge on any atom is 0.303 e. The SMILES string of the molecule is CCC(CC(=O)O)C(OC=O)C(=O)c1cc(C)cc(C)c1O. The van der Waals surface area contributed by atoms with E-state index in [9.17, 15) is 19.5 Å². The Bertz CT molecular complexity index is 578. The van der Waals surface area contributed by atoms with Crippen molar-refractivity contribution in [2.75, 3.05) is 0 Å². The number of phenolic OH excluding ortho intramolecular Hbond substituents is 1. The largest absolute Gasteiger partial charge is 0.507 e. The third-order valence-corrected chi connectivity index (χ3v) is 3.56. The molecule has 0 heterocycles. The monoisotopic (exact) mass is 308 g/mol. The van der Waals surface area contributed by atoms with E-state index in [1.165, 1.54) is 6.07 Å². The number of ether oxygens (including phenoxy) is 1. The average Bonchev–Trinajstić information content (AvgIpc) is 2.45. The molecule has 6 heteroatoms. The van der Waals surface area contributed by atoms with Crippen LogP contribution in [0.4, 0.5) is 0 Å². The number of Topliss-reactive ketones (excluding diaryl/α,β-unsaturated/α-hetero) is 1. The molecule has 22 heavy (non-hydrogen) atoms. The molecule has 0 fully saturated rings. The van der Waals surface area contributed by atoms with E-state index in [0.717, 1.165) is 5.56 Å². The molecule has 0 aliphatic rings. The quantitative estimate of drug-likeness (QED) is 0.564. The van der Waals surface area contributed by atoms with Crippen molar-refractivity contribution in [2.45, 2.75) is 39.7 Å². The lowest BCUT2D eigenvalue weighted by molar-refractivity contribution is -0.142. The lowest BCUT2D eigenvalue weighted by Crippen LogP contribution is -2.34. The van der Waals surface area contributed by atoms with Crippen molar-refractivity contribution in [1.82, 2.24) is 0 Å². The Morgan fingerprint density at radius 1 is 1.32 bits per heavy atom. The molecule has 1 aromatic carbocycles. The molecule has 1 rings (SSSR count). The first kappa shape index (κ1) is 17.7. The number of carboxylic acids is 1. The number of rotatable bonds is 8. The van der Waals surface area contributed by atoms with Crippen molar-refractivity contribution in [2.24, 2.45) is 5.92 Å². The van der Waals surface area contributed by atoms with Gasteiger partial charge in [-0.2, -0.15) is 0 Å². The van der Waals surface area contributed by atoms with Gasteiger partial charge in [0.25, 0.3) is 6.47 Å². The summed E-state index contributed by atoms with van der Waals surface area (Å²) < 4.78 is 4.84. The maximum atomic E-state index is 12.6. The molecule has 0 amide bonds. The third-order valence-electron chi connectivity index (χ3n) is 3.56. The van der Waals surface area contributed by atoms with E-state index < -0.39 is 23.8 Å². The summed E-state index contributed by atoms with van der Waals surface area (Å²) in [7, 11) is 0. The minimum absolute atomic E-state index is 0.0354. The number of benzene rings is 1. The summed E-state index contributed by atoms with van der Waals surface area (Å²) in [5.74, 6) is -2.51. The number of aryl methyl sites for hydroxylation is 2. The third kappa shape index (κ3) is 4.07. The minimum Gasteiger partial charge on any atom is -0.507 e. The summed E-state index contributed by atoms with van der Waals surface area (Å²) in [5.41, 5.74) is 1.34. The molecule has 2 unspecified atom stereocenters. The molecule has 0 aliphatic carbocycles. The normalized spacial score (nSPS) is 13.2. The van der Waals surface area contributed by atoms with Crippen LogP contribution in [0.5, 0.6) is 5.75 Å². The molecule has 2 atom stereocenters. The van der Waals surface area contributed by atoms with Crippen LogP contribution >= 0.6 is 0 Å². The number of carbonyl (C=O) groups excluding carboxylic acids is 2. The topological polar surface area (TPSA) is 101 Å². The second-order valence-corrected chi connectivity index (χ2v) is 5.26. The Hall–Kier alpha value is -2.37. The van der Waals surface area contributed by atoms with Gasteiger partial charge in [0.15, 0.2) is 6.10 Å². The van der Waals surface area contributed by atoms with Gasteiger partial charge < -0.3 is 14.9 Å². The fourth-order valence-corrected chi connectivity index (χ4v) is 2.44. The number of phenols is 1. The number of hydrogen-bond acceptors (Lipinski definition) is 5. The first-order chi connectivity index (χ1) is 10.3. The van der Waals surface area contributed by atoms with Crippen LogP contribution in [0.2, 0.25) is 0 Å². The number of aromatic hydroxyl groups is 1. The molecule has 120 valence electrons. The standard InChI is InChI=1S/C16H20O6/c1-4-11(7-13(18)19)16(22-8-17)15(21)12-6-9(2)5-10(3)14(12)20/h5-6,8,11,16,20H,4,7H2,1-3H3,(H,18,19). The molecule has 0 spiro atoms. The fraction of sp³-hybridized carbons (Fsp3) is 0.438. The van der Waals surface area contributed by atoms with Crippen molar-refractivity contribution in [3.05, 3.63) is 28.8 Å². The Balaban J connectivity index is 3.23. The molecule has 2 N–H and O–H groups in total. The van der Waals surface area contributed by atoms with Gasteiger partial charge >= 0.3 is 5.97 Å². The second-order valence-electron chi connectivity index (χ2n) is 5.26. The van der Waals surface area contributed by atoms with Crippen LogP contribution < -0.4 is 0 Å². The van der Waals surface area contributed by atoms with Crippen molar-refractivity contribution >= 4 is 18.2 Å². The number of carboxylic acid groups (broad SMARTS) is 1. The highest BCUT2D eigenvalue weighted by molar-refractivity contribution is 6.03. The Kier molecular flexibility index (Phi) is 6.10. The van der Waals surface area contributed by atoms with Crippen molar-refractivity contribution in [1.29, 1.82) is 0 Å². The Morgan fingerprint density at radius 3 is 2.45 bits per heavy atom. The number of aliphatic carboxylic acids is 1. The molecule has 6 nitrogen and oxygen atoms in total. The van der Waals surface area contributed by atoms with Gasteiger partial charge in [-0.1, -0.05) is 13.0 Å². The first-order valence-corrected chi connectivity index (χ1v) is 6.97. The first-order valence-electron chi connectivity index (χ1n) is 6.97. The van der Waals surface area contributed by atoms with E-state index in [1.807, 2.05) is 0 Å². The molecule has 0 aliphatic heterocycles. The molecule has 0 bridgehead atoms. The summed E-state index contributed by atoms with van der Waals surface area (Å²) in [6, 6.07) is 3.22. The van der Waals surface area contributed by atoms with E-state index in [-0.39, 0.29) is 24.2 Å². The van der Waals surface area contributed by atoms with Crippen LogP contribution in [0, 0.1) is 19.8 Å². The summed E-state index contributed by atoms with van der Waals surface area (Å²) >= 11 is 0. The van der Waals surface area contributed by atoms with Crippen LogP contribution in [0.1, 0.15) is 41.3 Å². The summed E-state index contributed by atoms with van der Waals surface area (Å²) in [4.78, 5) is 34.2. The van der Waals surface area contributed by atoms with Crippen molar-refractivity contribution in [3.8, 4) is 5.75 Å². The Morgan fingerprint density at radius 2 is 1.95 bits per heavy atom.